The Kier molecular flexibility index (Phi) is 4.94. The van der Waals surface area contributed by atoms with Crippen molar-refractivity contribution < 1.29 is 14.3 Å². The molecule has 106 valence electrons. The molecule has 0 radical (unpaired) electrons. The SMILES string of the molecule is COc1cccc(OCCCC(=O)Nc2ncn[nH]2)c1. The molecule has 20 heavy (non-hydrogen) atoms. The van der Waals surface area contributed by atoms with E-state index in [1.165, 1.54) is 6.33 Å². The molecule has 0 saturated heterocycles. The lowest BCUT2D eigenvalue weighted by Crippen LogP contribution is -2.13. The number of benzene rings is 1. The van der Waals surface area contributed by atoms with Gasteiger partial charge in [-0.1, -0.05) is 6.07 Å². The van der Waals surface area contributed by atoms with Crippen LogP contribution in [0.15, 0.2) is 30.6 Å². The Bertz CT molecular complexity index is 542. The third-order valence-electron chi connectivity index (χ3n) is 2.53. The summed E-state index contributed by atoms with van der Waals surface area (Å²) in [6, 6.07) is 7.34. The first-order chi connectivity index (χ1) is 9.78. The van der Waals surface area contributed by atoms with Gasteiger partial charge in [-0.25, -0.2) is 5.10 Å². The summed E-state index contributed by atoms with van der Waals surface area (Å²) in [6.45, 7) is 0.455. The number of aromatic nitrogens is 3. The number of aromatic amines is 1. The lowest BCUT2D eigenvalue weighted by molar-refractivity contribution is -0.116. The molecule has 1 aromatic carbocycles. The zero-order chi connectivity index (χ0) is 14.2. The fourth-order valence-corrected chi connectivity index (χ4v) is 1.57. The molecule has 0 spiro atoms. The van der Waals surface area contributed by atoms with Gasteiger partial charge >= 0.3 is 0 Å². The minimum Gasteiger partial charge on any atom is -0.497 e. The van der Waals surface area contributed by atoms with Crippen LogP contribution in [0.3, 0.4) is 0 Å². The van der Waals surface area contributed by atoms with Crippen molar-refractivity contribution in [3.8, 4) is 11.5 Å². The number of H-pyrrole nitrogens is 1. The molecule has 0 atom stereocenters. The zero-order valence-corrected chi connectivity index (χ0v) is 11.1. The average molecular weight is 276 g/mol. The highest BCUT2D eigenvalue weighted by atomic mass is 16.5. The molecule has 0 saturated carbocycles. The first kappa shape index (κ1) is 13.9. The van der Waals surface area contributed by atoms with Gasteiger partial charge in [0, 0.05) is 12.5 Å². The van der Waals surface area contributed by atoms with Crippen LogP contribution in [0.4, 0.5) is 5.95 Å². The number of amides is 1. The van der Waals surface area contributed by atoms with Gasteiger partial charge in [0.05, 0.1) is 13.7 Å². The molecule has 2 rings (SSSR count). The van der Waals surface area contributed by atoms with Crippen LogP contribution in [0, 0.1) is 0 Å². The van der Waals surface area contributed by atoms with Gasteiger partial charge in [0.25, 0.3) is 0 Å². The number of hydrogen-bond acceptors (Lipinski definition) is 5. The second kappa shape index (κ2) is 7.13. The fourth-order valence-electron chi connectivity index (χ4n) is 1.57. The maximum absolute atomic E-state index is 11.5. The van der Waals surface area contributed by atoms with Gasteiger partial charge in [0.1, 0.15) is 17.8 Å². The summed E-state index contributed by atoms with van der Waals surface area (Å²) in [5.74, 6) is 1.69. The van der Waals surface area contributed by atoms with Crippen LogP contribution in [-0.4, -0.2) is 34.8 Å². The van der Waals surface area contributed by atoms with E-state index in [0.29, 0.717) is 25.4 Å². The van der Waals surface area contributed by atoms with Crippen LogP contribution in [0.2, 0.25) is 0 Å². The van der Waals surface area contributed by atoms with E-state index in [9.17, 15) is 4.79 Å². The minimum absolute atomic E-state index is 0.129. The number of ether oxygens (including phenoxy) is 2. The van der Waals surface area contributed by atoms with Gasteiger partial charge in [-0.3, -0.25) is 10.1 Å². The van der Waals surface area contributed by atoms with Crippen LogP contribution >= 0.6 is 0 Å². The van der Waals surface area contributed by atoms with Gasteiger partial charge in [0.2, 0.25) is 11.9 Å². The van der Waals surface area contributed by atoms with Crippen LogP contribution in [0.1, 0.15) is 12.8 Å². The Labute approximate surface area is 116 Å². The molecule has 0 aliphatic heterocycles. The van der Waals surface area contributed by atoms with Crippen LogP contribution < -0.4 is 14.8 Å². The van der Waals surface area contributed by atoms with E-state index >= 15 is 0 Å². The Hall–Kier alpha value is -2.57. The molecule has 7 nitrogen and oxygen atoms in total. The van der Waals surface area contributed by atoms with E-state index in [1.54, 1.807) is 13.2 Å². The van der Waals surface area contributed by atoms with E-state index in [4.69, 9.17) is 9.47 Å². The van der Waals surface area contributed by atoms with Crippen LogP contribution in [0.5, 0.6) is 11.5 Å². The summed E-state index contributed by atoms with van der Waals surface area (Å²) >= 11 is 0. The van der Waals surface area contributed by atoms with Gasteiger partial charge in [-0.15, -0.1) is 0 Å². The Morgan fingerprint density at radius 1 is 1.40 bits per heavy atom. The van der Waals surface area contributed by atoms with Crippen molar-refractivity contribution in [3.05, 3.63) is 30.6 Å². The number of carbonyl (C=O) groups is 1. The third-order valence-corrected chi connectivity index (χ3v) is 2.53. The van der Waals surface area contributed by atoms with E-state index in [-0.39, 0.29) is 5.91 Å². The quantitative estimate of drug-likeness (QED) is 0.750. The predicted octanol–water partition coefficient (Wildman–Crippen LogP) is 1.61. The standard InChI is InChI=1S/C13H16N4O3/c1-19-10-4-2-5-11(8-10)20-7-3-6-12(18)16-13-14-9-15-17-13/h2,4-5,8-9H,3,6-7H2,1H3,(H2,14,15,16,17,18). The second-order valence-electron chi connectivity index (χ2n) is 4.01. The van der Waals surface area contributed by atoms with E-state index in [2.05, 4.69) is 20.5 Å². The summed E-state index contributed by atoms with van der Waals surface area (Å²) in [4.78, 5) is 15.4. The smallest absolute Gasteiger partial charge is 0.226 e. The molecule has 0 unspecified atom stereocenters. The minimum atomic E-state index is -0.129. The molecule has 1 heterocycles. The first-order valence-electron chi connectivity index (χ1n) is 6.20. The fraction of sp³-hybridized carbons (Fsp3) is 0.308. The summed E-state index contributed by atoms with van der Waals surface area (Å²) < 4.78 is 10.6. The molecule has 0 fully saturated rings. The van der Waals surface area contributed by atoms with Crippen molar-refractivity contribution in [1.29, 1.82) is 0 Å². The number of hydrogen-bond donors (Lipinski definition) is 2. The maximum atomic E-state index is 11.5. The molecule has 1 aromatic heterocycles. The molecule has 2 N–H and O–H groups in total. The number of carbonyl (C=O) groups excluding carboxylic acids is 1. The highest BCUT2D eigenvalue weighted by molar-refractivity contribution is 5.88. The Morgan fingerprint density at radius 3 is 3.00 bits per heavy atom. The Morgan fingerprint density at radius 2 is 2.25 bits per heavy atom. The van der Waals surface area contributed by atoms with Crippen molar-refractivity contribution in [2.75, 3.05) is 19.0 Å². The molecule has 7 heteroatoms. The number of nitrogens with zero attached hydrogens (tertiary/aromatic N) is 2. The molecule has 1 amide bonds. The monoisotopic (exact) mass is 276 g/mol. The number of nitrogens with one attached hydrogen (secondary N) is 2. The zero-order valence-electron chi connectivity index (χ0n) is 11.1. The summed E-state index contributed by atoms with van der Waals surface area (Å²) in [6.07, 6.45) is 2.30. The highest BCUT2D eigenvalue weighted by Crippen LogP contribution is 2.18. The Balaban J connectivity index is 1.67. The molecular weight excluding hydrogens is 260 g/mol. The van der Waals surface area contributed by atoms with Crippen molar-refractivity contribution >= 4 is 11.9 Å². The number of rotatable bonds is 7. The van der Waals surface area contributed by atoms with Gasteiger partial charge < -0.3 is 9.47 Å². The van der Waals surface area contributed by atoms with Crippen molar-refractivity contribution in [2.45, 2.75) is 12.8 Å². The second-order valence-corrected chi connectivity index (χ2v) is 4.01. The van der Waals surface area contributed by atoms with E-state index in [1.807, 2.05) is 18.2 Å². The summed E-state index contributed by atoms with van der Waals surface area (Å²) in [5, 5.41) is 8.79. The van der Waals surface area contributed by atoms with Crippen molar-refractivity contribution in [2.24, 2.45) is 0 Å². The van der Waals surface area contributed by atoms with Gasteiger partial charge in [-0.2, -0.15) is 10.1 Å². The number of anilines is 1. The summed E-state index contributed by atoms with van der Waals surface area (Å²) in [7, 11) is 1.60. The highest BCUT2D eigenvalue weighted by Gasteiger charge is 2.04. The van der Waals surface area contributed by atoms with Crippen molar-refractivity contribution in [1.82, 2.24) is 15.2 Å². The topological polar surface area (TPSA) is 89.1 Å². The van der Waals surface area contributed by atoms with Crippen molar-refractivity contribution in [3.63, 3.8) is 0 Å². The number of methoxy groups -OCH3 is 1. The lowest BCUT2D eigenvalue weighted by atomic mass is 10.3. The first-order valence-corrected chi connectivity index (χ1v) is 6.20. The third kappa shape index (κ3) is 4.27. The van der Waals surface area contributed by atoms with Crippen LogP contribution in [-0.2, 0) is 4.79 Å². The van der Waals surface area contributed by atoms with E-state index < -0.39 is 0 Å². The van der Waals surface area contributed by atoms with Gasteiger partial charge in [-0.05, 0) is 18.6 Å². The largest absolute Gasteiger partial charge is 0.497 e. The lowest BCUT2D eigenvalue weighted by Gasteiger charge is -2.07. The van der Waals surface area contributed by atoms with Gasteiger partial charge in [0.15, 0.2) is 0 Å². The molecule has 0 aliphatic rings. The molecule has 0 aliphatic carbocycles. The summed E-state index contributed by atoms with van der Waals surface area (Å²) in [5.41, 5.74) is 0. The average Bonchev–Trinajstić information content (AvgIpc) is 2.97. The normalized spacial score (nSPS) is 10.1. The molecule has 2 aromatic rings. The van der Waals surface area contributed by atoms with Crippen LogP contribution in [0.25, 0.3) is 0 Å². The maximum Gasteiger partial charge on any atom is 0.226 e. The predicted molar refractivity (Wildman–Crippen MR) is 72.7 cm³/mol. The molecular formula is C13H16N4O3. The molecule has 0 bridgehead atoms. The van der Waals surface area contributed by atoms with E-state index in [0.717, 1.165) is 11.5 Å².